The molecule has 0 radical (unpaired) electrons. The van der Waals surface area contributed by atoms with E-state index in [0.29, 0.717) is 12.5 Å². The number of benzene rings is 4. The van der Waals surface area contributed by atoms with Crippen LogP contribution in [-0.2, 0) is 22.6 Å². The monoisotopic (exact) mass is 666 g/mol. The molecular weight excluding hydrogens is 620 g/mol. The molecule has 6 heteroatoms. The Labute approximate surface area is 295 Å². The number of carbonyl (C=O) groups is 3. The molecule has 6 nitrogen and oxygen atoms in total. The first kappa shape index (κ1) is 35.9. The normalized spacial score (nSPS) is 13.5. The van der Waals surface area contributed by atoms with E-state index < -0.39 is 0 Å². The molecule has 0 N–H and O–H groups in total. The van der Waals surface area contributed by atoms with E-state index in [1.165, 1.54) is 59.9 Å². The van der Waals surface area contributed by atoms with Crippen LogP contribution in [0, 0.1) is 6.92 Å². The summed E-state index contributed by atoms with van der Waals surface area (Å²) in [5.74, 6) is 1.55. The summed E-state index contributed by atoms with van der Waals surface area (Å²) in [5, 5.41) is 2.34. The number of aromatic nitrogens is 2. The lowest BCUT2D eigenvalue weighted by atomic mass is 9.81. The maximum atomic E-state index is 12.3. The van der Waals surface area contributed by atoms with E-state index in [9.17, 15) is 4.79 Å². The number of aryl methyl sites for hydroxylation is 2. The second-order valence-electron chi connectivity index (χ2n) is 12.7. The van der Waals surface area contributed by atoms with Gasteiger partial charge in [-0.1, -0.05) is 92.9 Å². The molecule has 0 spiro atoms. The summed E-state index contributed by atoms with van der Waals surface area (Å²) in [5.41, 5.74) is 11.5. The molecule has 0 unspecified atom stereocenters. The molecule has 50 heavy (non-hydrogen) atoms. The predicted molar refractivity (Wildman–Crippen MR) is 204 cm³/mol. The zero-order valence-electron chi connectivity index (χ0n) is 29.4. The second-order valence-corrected chi connectivity index (χ2v) is 12.7. The van der Waals surface area contributed by atoms with Crippen LogP contribution in [0.1, 0.15) is 78.9 Å². The Morgan fingerprint density at radius 1 is 0.820 bits per heavy atom. The van der Waals surface area contributed by atoms with E-state index in [2.05, 4.69) is 103 Å². The van der Waals surface area contributed by atoms with Crippen LogP contribution in [0.5, 0.6) is 5.75 Å². The van der Waals surface area contributed by atoms with Crippen molar-refractivity contribution in [1.29, 1.82) is 0 Å². The summed E-state index contributed by atoms with van der Waals surface area (Å²) >= 11 is 0. The first-order chi connectivity index (χ1) is 24.5. The van der Waals surface area contributed by atoms with Crippen molar-refractivity contribution in [3.63, 3.8) is 0 Å². The average molecular weight is 667 g/mol. The highest BCUT2D eigenvalue weighted by molar-refractivity contribution is 6.03. The van der Waals surface area contributed by atoms with Gasteiger partial charge in [0.1, 0.15) is 25.9 Å². The molecule has 1 aliphatic carbocycles. The quantitative estimate of drug-likeness (QED) is 0.175. The van der Waals surface area contributed by atoms with Crippen molar-refractivity contribution >= 4 is 41.2 Å². The number of Topliss-reactive ketones (excluding diaryl/α,β-unsaturated/α-hetero) is 1. The van der Waals surface area contributed by atoms with Crippen LogP contribution < -0.4 is 4.74 Å². The average Bonchev–Trinajstić information content (AvgIpc) is 3.37. The molecule has 0 amide bonds. The zero-order valence-corrected chi connectivity index (χ0v) is 29.4. The fourth-order valence-electron chi connectivity index (χ4n) is 7.40. The van der Waals surface area contributed by atoms with Crippen molar-refractivity contribution < 1.29 is 19.1 Å². The van der Waals surface area contributed by atoms with Crippen molar-refractivity contribution in [2.75, 3.05) is 6.61 Å². The molecule has 0 atom stereocenters. The maximum absolute atomic E-state index is 12.3. The van der Waals surface area contributed by atoms with Gasteiger partial charge in [0.15, 0.2) is 5.78 Å². The Kier molecular flexibility index (Phi) is 12.1. The van der Waals surface area contributed by atoms with Gasteiger partial charge in [0.2, 0.25) is 0 Å². The molecule has 1 aliphatic heterocycles. The number of nitrogens with zero attached hydrogens (tertiary/aromatic N) is 2. The van der Waals surface area contributed by atoms with Crippen LogP contribution >= 0.6 is 0 Å². The minimum Gasteiger partial charge on any atom is -0.490 e. The molecule has 3 heterocycles. The Bertz CT molecular complexity index is 2070. The zero-order chi connectivity index (χ0) is 35.6. The van der Waals surface area contributed by atoms with Crippen molar-refractivity contribution in [3.05, 3.63) is 119 Å². The summed E-state index contributed by atoms with van der Waals surface area (Å²) < 4.78 is 8.93. The molecule has 1 fully saturated rings. The molecule has 0 bridgehead atoms. The third-order valence-electron chi connectivity index (χ3n) is 9.83. The van der Waals surface area contributed by atoms with Crippen LogP contribution in [0.15, 0.2) is 97.1 Å². The number of carbonyl (C=O) groups excluding carboxylic acids is 3. The van der Waals surface area contributed by atoms with E-state index >= 15 is 0 Å². The Morgan fingerprint density at radius 2 is 1.52 bits per heavy atom. The molecule has 2 aliphatic rings. The fourth-order valence-corrected chi connectivity index (χ4v) is 7.40. The van der Waals surface area contributed by atoms with E-state index in [1.807, 2.05) is 25.7 Å². The standard InChI is InChI=1S/C34H32N2O2.C8H10.2CH2O/c1-21-8-6-7-11-25(21)29-16-14-26-30(35-29)17-15-28-33-32(23-9-4-3-5-10-23)27-13-12-24(22(2)37)20-31(27)36(33)18-19-38-34(26)28;1-2-8-6-4-3-5-7-8;2*1-2/h6-8,11-17,20,23H,3-5,9-10,18-19H2,1-2H3;3-7H,2H2,1H3;2*1H2. The number of ketones is 1. The highest BCUT2D eigenvalue weighted by atomic mass is 16.5. The van der Waals surface area contributed by atoms with Crippen LogP contribution in [0.2, 0.25) is 0 Å². The summed E-state index contributed by atoms with van der Waals surface area (Å²) in [6.45, 7) is 11.3. The summed E-state index contributed by atoms with van der Waals surface area (Å²) in [6.07, 6.45) is 7.43. The minimum absolute atomic E-state index is 0.105. The van der Waals surface area contributed by atoms with Gasteiger partial charge in [0.05, 0.1) is 23.4 Å². The third kappa shape index (κ3) is 7.30. The van der Waals surface area contributed by atoms with Gasteiger partial charge in [0.25, 0.3) is 0 Å². The van der Waals surface area contributed by atoms with E-state index in [-0.39, 0.29) is 5.78 Å². The lowest BCUT2D eigenvalue weighted by Gasteiger charge is -2.23. The van der Waals surface area contributed by atoms with E-state index in [0.717, 1.165) is 57.5 Å². The molecule has 1 saturated carbocycles. The van der Waals surface area contributed by atoms with Crippen LogP contribution in [-0.4, -0.2) is 35.5 Å². The molecule has 0 saturated heterocycles. The summed E-state index contributed by atoms with van der Waals surface area (Å²) in [6, 6.07) is 33.8. The number of ether oxygens (including phenoxy) is 1. The number of fused-ring (bicyclic) bond motifs is 7. The number of pyridine rings is 1. The molecular formula is C44H46N2O4. The molecule has 2 aromatic heterocycles. The van der Waals surface area contributed by atoms with Gasteiger partial charge in [0, 0.05) is 33.0 Å². The maximum Gasteiger partial charge on any atom is 0.159 e. The van der Waals surface area contributed by atoms with Gasteiger partial charge in [-0.2, -0.15) is 0 Å². The van der Waals surface area contributed by atoms with Crippen LogP contribution in [0.3, 0.4) is 0 Å². The lowest BCUT2D eigenvalue weighted by Crippen LogP contribution is -2.07. The van der Waals surface area contributed by atoms with Gasteiger partial charge in [-0.3, -0.25) is 4.79 Å². The Morgan fingerprint density at radius 3 is 2.20 bits per heavy atom. The molecule has 6 aromatic rings. The topological polar surface area (TPSA) is 78.3 Å². The van der Waals surface area contributed by atoms with Gasteiger partial charge < -0.3 is 18.9 Å². The van der Waals surface area contributed by atoms with Crippen molar-refractivity contribution in [2.45, 2.75) is 71.8 Å². The number of hydrogen-bond donors (Lipinski definition) is 0. The highest BCUT2D eigenvalue weighted by Gasteiger charge is 2.30. The first-order valence-corrected chi connectivity index (χ1v) is 17.4. The lowest BCUT2D eigenvalue weighted by molar-refractivity contribution is -0.0987. The minimum atomic E-state index is 0.105. The molecule has 256 valence electrons. The number of hydrogen-bond acceptors (Lipinski definition) is 5. The van der Waals surface area contributed by atoms with Crippen molar-refractivity contribution in [2.24, 2.45) is 0 Å². The van der Waals surface area contributed by atoms with Crippen molar-refractivity contribution in [1.82, 2.24) is 9.55 Å². The smallest absolute Gasteiger partial charge is 0.159 e. The van der Waals surface area contributed by atoms with Crippen LogP contribution in [0.25, 0.3) is 44.3 Å². The SMILES string of the molecule is C=O.C=O.CC(=O)c1ccc2c(C3CCCCC3)c3n(c2c1)CCOc1c-3ccc2nc(-c3ccccc3C)ccc12.CCc1ccccc1. The highest BCUT2D eigenvalue weighted by Crippen LogP contribution is 2.48. The first-order valence-electron chi connectivity index (χ1n) is 17.4. The molecule has 8 rings (SSSR count). The van der Waals surface area contributed by atoms with Crippen molar-refractivity contribution in [3.8, 4) is 28.3 Å². The van der Waals surface area contributed by atoms with Gasteiger partial charge in [-0.25, -0.2) is 4.98 Å². The summed E-state index contributed by atoms with van der Waals surface area (Å²) in [7, 11) is 0. The second kappa shape index (κ2) is 16.8. The fraction of sp³-hybridized carbons (Fsp3) is 0.273. The largest absolute Gasteiger partial charge is 0.490 e. The van der Waals surface area contributed by atoms with Gasteiger partial charge in [-0.15, -0.1) is 0 Å². The Hall–Kier alpha value is -5.36. The van der Waals surface area contributed by atoms with E-state index in [1.54, 1.807) is 6.92 Å². The van der Waals surface area contributed by atoms with Gasteiger partial charge >= 0.3 is 0 Å². The number of rotatable bonds is 4. The van der Waals surface area contributed by atoms with Gasteiger partial charge in [-0.05, 0) is 86.1 Å². The third-order valence-corrected chi connectivity index (χ3v) is 9.83. The predicted octanol–water partition coefficient (Wildman–Crippen LogP) is 10.4. The Balaban J connectivity index is 0.000000351. The molecule has 4 aromatic carbocycles. The van der Waals surface area contributed by atoms with E-state index in [4.69, 9.17) is 19.3 Å². The summed E-state index contributed by atoms with van der Waals surface area (Å²) in [4.78, 5) is 33.4. The van der Waals surface area contributed by atoms with Crippen LogP contribution in [0.4, 0.5) is 0 Å².